The van der Waals surface area contributed by atoms with Crippen molar-refractivity contribution in [2.45, 2.75) is 33.4 Å². The highest BCUT2D eigenvalue weighted by Crippen LogP contribution is 2.14. The van der Waals surface area contributed by atoms with Crippen molar-refractivity contribution in [2.75, 3.05) is 13.7 Å². The van der Waals surface area contributed by atoms with Crippen molar-refractivity contribution in [1.29, 1.82) is 0 Å². The van der Waals surface area contributed by atoms with Crippen LogP contribution in [-0.2, 0) is 13.1 Å². The van der Waals surface area contributed by atoms with E-state index in [-0.39, 0.29) is 0 Å². The molecule has 0 unspecified atom stereocenters. The SMILES string of the molecule is CCCOc1ncccc1CNC(=NC)NCc1ccccc1C. The van der Waals surface area contributed by atoms with Crippen molar-refractivity contribution in [1.82, 2.24) is 15.6 Å². The van der Waals surface area contributed by atoms with Crippen LogP contribution in [0.2, 0.25) is 0 Å². The normalized spacial score (nSPS) is 11.2. The molecule has 0 aliphatic heterocycles. The molecule has 2 rings (SSSR count). The molecular weight excluding hydrogens is 300 g/mol. The molecule has 1 aromatic heterocycles. The van der Waals surface area contributed by atoms with Gasteiger partial charge in [-0.1, -0.05) is 37.3 Å². The first kappa shape index (κ1) is 17.8. The minimum absolute atomic E-state index is 0.611. The Labute approximate surface area is 144 Å². The molecule has 1 aromatic carbocycles. The van der Waals surface area contributed by atoms with Gasteiger partial charge in [0.1, 0.15) is 0 Å². The van der Waals surface area contributed by atoms with Crippen molar-refractivity contribution < 1.29 is 4.74 Å². The number of aryl methyl sites for hydroxylation is 1. The molecule has 0 atom stereocenters. The van der Waals surface area contributed by atoms with E-state index in [1.807, 2.05) is 24.3 Å². The average Bonchev–Trinajstić information content (AvgIpc) is 2.62. The van der Waals surface area contributed by atoms with E-state index in [0.717, 1.165) is 24.5 Å². The average molecular weight is 326 g/mol. The van der Waals surface area contributed by atoms with Crippen LogP contribution in [0, 0.1) is 6.92 Å². The minimum Gasteiger partial charge on any atom is -0.477 e. The number of guanidine groups is 1. The lowest BCUT2D eigenvalue weighted by molar-refractivity contribution is 0.301. The Morgan fingerprint density at radius 3 is 2.50 bits per heavy atom. The third kappa shape index (κ3) is 5.26. The fraction of sp³-hybridized carbons (Fsp3) is 0.368. The van der Waals surface area contributed by atoms with Crippen LogP contribution in [-0.4, -0.2) is 24.6 Å². The monoisotopic (exact) mass is 326 g/mol. The molecule has 0 saturated heterocycles. The maximum absolute atomic E-state index is 5.69. The Kier molecular flexibility index (Phi) is 7.08. The molecule has 128 valence electrons. The molecule has 5 nitrogen and oxygen atoms in total. The van der Waals surface area contributed by atoms with Gasteiger partial charge in [-0.3, -0.25) is 4.99 Å². The van der Waals surface area contributed by atoms with Crippen LogP contribution in [0.5, 0.6) is 5.88 Å². The third-order valence-corrected chi connectivity index (χ3v) is 3.67. The summed E-state index contributed by atoms with van der Waals surface area (Å²) in [5.74, 6) is 1.43. The fourth-order valence-electron chi connectivity index (χ4n) is 2.27. The van der Waals surface area contributed by atoms with Gasteiger partial charge in [0.2, 0.25) is 5.88 Å². The molecule has 24 heavy (non-hydrogen) atoms. The summed E-state index contributed by atoms with van der Waals surface area (Å²) >= 11 is 0. The fourth-order valence-corrected chi connectivity index (χ4v) is 2.27. The Bertz CT molecular complexity index is 670. The van der Waals surface area contributed by atoms with Crippen molar-refractivity contribution in [3.05, 3.63) is 59.3 Å². The first-order valence-corrected chi connectivity index (χ1v) is 8.30. The number of aliphatic imine (C=N–C) groups is 1. The summed E-state index contributed by atoms with van der Waals surface area (Å²) < 4.78 is 5.69. The number of rotatable bonds is 7. The van der Waals surface area contributed by atoms with Crippen molar-refractivity contribution in [3.63, 3.8) is 0 Å². The van der Waals surface area contributed by atoms with E-state index in [9.17, 15) is 0 Å². The number of aromatic nitrogens is 1. The maximum Gasteiger partial charge on any atom is 0.218 e. The molecule has 0 saturated carbocycles. The smallest absolute Gasteiger partial charge is 0.218 e. The van der Waals surface area contributed by atoms with E-state index in [2.05, 4.69) is 46.6 Å². The van der Waals surface area contributed by atoms with Crippen LogP contribution in [0.25, 0.3) is 0 Å². The van der Waals surface area contributed by atoms with Gasteiger partial charge < -0.3 is 15.4 Å². The van der Waals surface area contributed by atoms with Crippen molar-refractivity contribution in [2.24, 2.45) is 4.99 Å². The van der Waals surface area contributed by atoms with Gasteiger partial charge in [-0.05, 0) is 30.5 Å². The Hall–Kier alpha value is -2.56. The molecule has 1 heterocycles. The molecule has 2 N–H and O–H groups in total. The molecule has 0 spiro atoms. The molecule has 0 radical (unpaired) electrons. The van der Waals surface area contributed by atoms with Crippen LogP contribution >= 0.6 is 0 Å². The second-order valence-corrected chi connectivity index (χ2v) is 5.52. The number of hydrogen-bond donors (Lipinski definition) is 2. The van der Waals surface area contributed by atoms with Crippen molar-refractivity contribution in [3.8, 4) is 5.88 Å². The molecule has 0 amide bonds. The largest absolute Gasteiger partial charge is 0.477 e. The standard InChI is InChI=1S/C19H26N4O/c1-4-12-24-18-17(10-7-11-21-18)14-23-19(20-3)22-13-16-9-6-5-8-15(16)2/h5-11H,4,12-14H2,1-3H3,(H2,20,22,23). The van der Waals surface area contributed by atoms with Gasteiger partial charge in [0.25, 0.3) is 0 Å². The summed E-state index contributed by atoms with van der Waals surface area (Å²) in [6.07, 6.45) is 2.71. The Morgan fingerprint density at radius 1 is 1.08 bits per heavy atom. The first-order valence-electron chi connectivity index (χ1n) is 8.30. The van der Waals surface area contributed by atoms with E-state index in [1.165, 1.54) is 11.1 Å². The molecule has 2 aromatic rings. The zero-order chi connectivity index (χ0) is 17.2. The van der Waals surface area contributed by atoms with E-state index < -0.39 is 0 Å². The van der Waals surface area contributed by atoms with Crippen LogP contribution in [0.15, 0.2) is 47.6 Å². The maximum atomic E-state index is 5.69. The Morgan fingerprint density at radius 2 is 1.79 bits per heavy atom. The Balaban J connectivity index is 1.91. The summed E-state index contributed by atoms with van der Waals surface area (Å²) in [5, 5.41) is 6.65. The highest BCUT2D eigenvalue weighted by Gasteiger charge is 2.06. The lowest BCUT2D eigenvalue weighted by Crippen LogP contribution is -2.36. The summed E-state index contributed by atoms with van der Waals surface area (Å²) in [4.78, 5) is 8.58. The second-order valence-electron chi connectivity index (χ2n) is 5.52. The quantitative estimate of drug-likeness (QED) is 0.606. The van der Waals surface area contributed by atoms with Crippen LogP contribution in [0.3, 0.4) is 0 Å². The highest BCUT2D eigenvalue weighted by atomic mass is 16.5. The van der Waals surface area contributed by atoms with Gasteiger partial charge >= 0.3 is 0 Å². The summed E-state index contributed by atoms with van der Waals surface area (Å²) in [6, 6.07) is 12.3. The van der Waals surface area contributed by atoms with Gasteiger partial charge in [0, 0.05) is 31.9 Å². The topological polar surface area (TPSA) is 58.5 Å². The predicted octanol–water partition coefficient (Wildman–Crippen LogP) is 3.04. The highest BCUT2D eigenvalue weighted by molar-refractivity contribution is 5.79. The van der Waals surface area contributed by atoms with E-state index >= 15 is 0 Å². The van der Waals surface area contributed by atoms with Crippen LogP contribution < -0.4 is 15.4 Å². The molecule has 0 aliphatic rings. The van der Waals surface area contributed by atoms with Crippen LogP contribution in [0.4, 0.5) is 0 Å². The number of nitrogens with one attached hydrogen (secondary N) is 2. The third-order valence-electron chi connectivity index (χ3n) is 3.67. The minimum atomic E-state index is 0.611. The van der Waals surface area contributed by atoms with Gasteiger partial charge in [-0.25, -0.2) is 4.98 Å². The number of benzene rings is 1. The van der Waals surface area contributed by atoms with Crippen molar-refractivity contribution >= 4 is 5.96 Å². The number of ether oxygens (including phenoxy) is 1. The predicted molar refractivity (Wildman–Crippen MR) is 98.2 cm³/mol. The van der Waals surface area contributed by atoms with Crippen LogP contribution in [0.1, 0.15) is 30.0 Å². The summed E-state index contributed by atoms with van der Waals surface area (Å²) in [5.41, 5.74) is 3.54. The molecule has 5 heteroatoms. The van der Waals surface area contributed by atoms with E-state index in [1.54, 1.807) is 13.2 Å². The van der Waals surface area contributed by atoms with Gasteiger partial charge in [0.15, 0.2) is 5.96 Å². The number of nitrogens with zero attached hydrogens (tertiary/aromatic N) is 2. The first-order chi connectivity index (χ1) is 11.7. The van der Waals surface area contributed by atoms with Gasteiger partial charge in [-0.15, -0.1) is 0 Å². The molecule has 0 bridgehead atoms. The summed E-state index contributed by atoms with van der Waals surface area (Å²) in [7, 11) is 1.77. The lowest BCUT2D eigenvalue weighted by Gasteiger charge is -2.14. The van der Waals surface area contributed by atoms with E-state index in [0.29, 0.717) is 19.0 Å². The van der Waals surface area contributed by atoms with Gasteiger partial charge in [-0.2, -0.15) is 0 Å². The zero-order valence-electron chi connectivity index (χ0n) is 14.7. The molecule has 0 aliphatic carbocycles. The molecule has 0 fully saturated rings. The second kappa shape index (κ2) is 9.55. The molecular formula is C19H26N4O. The number of pyridine rings is 1. The summed E-state index contributed by atoms with van der Waals surface area (Å²) in [6.45, 7) is 6.21. The van der Waals surface area contributed by atoms with Gasteiger partial charge in [0.05, 0.1) is 6.61 Å². The number of hydrogen-bond acceptors (Lipinski definition) is 3. The zero-order valence-corrected chi connectivity index (χ0v) is 14.7. The van der Waals surface area contributed by atoms with E-state index in [4.69, 9.17) is 4.74 Å². The lowest BCUT2D eigenvalue weighted by atomic mass is 10.1.